The van der Waals surface area contributed by atoms with Crippen molar-refractivity contribution in [3.05, 3.63) is 33.1 Å². The van der Waals surface area contributed by atoms with Crippen LogP contribution in [0.1, 0.15) is 5.01 Å². The molecule has 2 aromatic rings. The number of nitrogens with two attached hydrogens (primary N) is 1. The molecule has 0 fully saturated rings. The second-order valence-electron chi connectivity index (χ2n) is 3.13. The van der Waals surface area contributed by atoms with Gasteiger partial charge in [0.2, 0.25) is 0 Å². The molecule has 0 unspecified atom stereocenters. The van der Waals surface area contributed by atoms with Crippen molar-refractivity contribution in [3.63, 3.8) is 0 Å². The number of methoxy groups -OCH3 is 1. The van der Waals surface area contributed by atoms with Gasteiger partial charge in [0, 0.05) is 12.1 Å². The average Bonchev–Trinajstić information content (AvgIpc) is 2.70. The summed E-state index contributed by atoms with van der Waals surface area (Å²) in [6.45, 7) is 0.457. The fourth-order valence-electron chi connectivity index (χ4n) is 1.44. The van der Waals surface area contributed by atoms with Gasteiger partial charge in [0.05, 0.1) is 16.6 Å². The van der Waals surface area contributed by atoms with Crippen LogP contribution < -0.4 is 10.5 Å². The Labute approximate surface area is 106 Å². The van der Waals surface area contributed by atoms with Crippen molar-refractivity contribution in [3.8, 4) is 17.0 Å². The number of ether oxygens (including phenoxy) is 1. The Hall–Kier alpha value is -0.910. The zero-order valence-electron chi connectivity index (χ0n) is 8.74. The van der Waals surface area contributed by atoms with Crippen LogP contribution in [0.4, 0.5) is 0 Å². The average molecular weight is 299 g/mol. The molecule has 3 nitrogen and oxygen atoms in total. The quantitative estimate of drug-likeness (QED) is 0.947. The molecule has 2 N–H and O–H groups in total. The van der Waals surface area contributed by atoms with Gasteiger partial charge in [-0.1, -0.05) is 12.1 Å². The van der Waals surface area contributed by atoms with E-state index in [2.05, 4.69) is 20.9 Å². The van der Waals surface area contributed by atoms with E-state index in [0.29, 0.717) is 6.54 Å². The highest BCUT2D eigenvalue weighted by Crippen LogP contribution is 2.37. The number of rotatable bonds is 3. The van der Waals surface area contributed by atoms with E-state index < -0.39 is 0 Å². The van der Waals surface area contributed by atoms with E-state index in [0.717, 1.165) is 25.8 Å². The third-order valence-electron chi connectivity index (χ3n) is 2.17. The van der Waals surface area contributed by atoms with Gasteiger partial charge < -0.3 is 10.5 Å². The van der Waals surface area contributed by atoms with Gasteiger partial charge in [0.25, 0.3) is 0 Å². The summed E-state index contributed by atoms with van der Waals surface area (Å²) in [5, 5.41) is 0.910. The molecule has 0 atom stereocenters. The van der Waals surface area contributed by atoms with E-state index in [-0.39, 0.29) is 0 Å². The molecule has 5 heteroatoms. The summed E-state index contributed by atoms with van der Waals surface area (Å²) in [7, 11) is 1.66. The summed E-state index contributed by atoms with van der Waals surface area (Å²) in [5.74, 6) is 0.817. The van der Waals surface area contributed by atoms with Gasteiger partial charge >= 0.3 is 0 Å². The molecule has 0 aliphatic heterocycles. The van der Waals surface area contributed by atoms with E-state index in [4.69, 9.17) is 10.5 Å². The predicted molar refractivity (Wildman–Crippen MR) is 69.7 cm³/mol. The normalized spacial score (nSPS) is 10.4. The third-order valence-corrected chi connectivity index (χ3v) is 3.89. The van der Waals surface area contributed by atoms with Crippen LogP contribution in [0.15, 0.2) is 28.1 Å². The molecule has 0 aliphatic rings. The van der Waals surface area contributed by atoms with E-state index in [1.807, 2.05) is 24.3 Å². The van der Waals surface area contributed by atoms with Crippen molar-refractivity contribution in [2.24, 2.45) is 5.73 Å². The van der Waals surface area contributed by atoms with Gasteiger partial charge in [0.15, 0.2) is 0 Å². The predicted octanol–water partition coefficient (Wildman–Crippen LogP) is 3.04. The summed E-state index contributed by atoms with van der Waals surface area (Å²) in [6.07, 6.45) is 0. The van der Waals surface area contributed by atoms with E-state index in [1.165, 1.54) is 0 Å². The smallest absolute Gasteiger partial charge is 0.128 e. The maximum atomic E-state index is 5.58. The molecule has 1 heterocycles. The fraction of sp³-hybridized carbons (Fsp3) is 0.182. The van der Waals surface area contributed by atoms with E-state index in [1.54, 1.807) is 18.4 Å². The second kappa shape index (κ2) is 4.95. The van der Waals surface area contributed by atoms with Crippen LogP contribution >= 0.6 is 27.3 Å². The van der Waals surface area contributed by atoms with Gasteiger partial charge in [-0.05, 0) is 28.1 Å². The number of para-hydroxylation sites is 1. The van der Waals surface area contributed by atoms with Gasteiger partial charge in [-0.2, -0.15) is 0 Å². The highest BCUT2D eigenvalue weighted by Gasteiger charge is 2.13. The van der Waals surface area contributed by atoms with Crippen LogP contribution in [0.25, 0.3) is 11.3 Å². The Bertz CT molecular complexity index is 498. The molecule has 0 bridgehead atoms. The van der Waals surface area contributed by atoms with Crippen molar-refractivity contribution in [2.75, 3.05) is 7.11 Å². The van der Waals surface area contributed by atoms with Crippen molar-refractivity contribution in [1.82, 2.24) is 4.98 Å². The zero-order chi connectivity index (χ0) is 11.5. The highest BCUT2D eigenvalue weighted by molar-refractivity contribution is 9.11. The van der Waals surface area contributed by atoms with Gasteiger partial charge in [-0.25, -0.2) is 4.98 Å². The first-order valence-corrected chi connectivity index (χ1v) is 6.36. The molecule has 0 amide bonds. The van der Waals surface area contributed by atoms with Gasteiger partial charge in [-0.3, -0.25) is 0 Å². The lowest BCUT2D eigenvalue weighted by Gasteiger charge is -2.05. The summed E-state index contributed by atoms with van der Waals surface area (Å²) in [4.78, 5) is 4.47. The SMILES string of the molecule is COc1ccccc1-c1nc(CN)sc1Br. The molecule has 84 valence electrons. The maximum absolute atomic E-state index is 5.58. The number of hydrogen-bond acceptors (Lipinski definition) is 4. The summed E-state index contributed by atoms with van der Waals surface area (Å²) < 4.78 is 6.29. The summed E-state index contributed by atoms with van der Waals surface area (Å²) >= 11 is 5.06. The molecule has 16 heavy (non-hydrogen) atoms. The Morgan fingerprint density at radius 2 is 2.19 bits per heavy atom. The summed E-state index contributed by atoms with van der Waals surface area (Å²) in [6, 6.07) is 7.81. The Morgan fingerprint density at radius 3 is 2.81 bits per heavy atom. The number of nitrogens with zero attached hydrogens (tertiary/aromatic N) is 1. The molecule has 0 spiro atoms. The third kappa shape index (κ3) is 2.11. The van der Waals surface area contributed by atoms with Gasteiger partial charge in [0.1, 0.15) is 10.8 Å². The lowest BCUT2D eigenvalue weighted by molar-refractivity contribution is 0.416. The fourth-order valence-corrected chi connectivity index (χ4v) is 2.98. The largest absolute Gasteiger partial charge is 0.496 e. The zero-order valence-corrected chi connectivity index (χ0v) is 11.1. The standard InChI is InChI=1S/C11H11BrN2OS/c1-15-8-5-3-2-4-7(8)10-11(12)16-9(6-13)14-10/h2-5H,6,13H2,1H3. The van der Waals surface area contributed by atoms with Crippen LogP contribution in [0.5, 0.6) is 5.75 Å². The monoisotopic (exact) mass is 298 g/mol. The van der Waals surface area contributed by atoms with Crippen molar-refractivity contribution < 1.29 is 4.74 Å². The number of hydrogen-bond donors (Lipinski definition) is 1. The van der Waals surface area contributed by atoms with E-state index >= 15 is 0 Å². The molecule has 1 aromatic heterocycles. The molecule has 0 saturated heterocycles. The first-order valence-electron chi connectivity index (χ1n) is 4.75. The Morgan fingerprint density at radius 1 is 1.44 bits per heavy atom. The Balaban J connectivity index is 2.53. The molecular formula is C11H11BrN2OS. The lowest BCUT2D eigenvalue weighted by atomic mass is 10.1. The van der Waals surface area contributed by atoms with Crippen LogP contribution in [0.2, 0.25) is 0 Å². The number of thiazole rings is 1. The molecule has 0 radical (unpaired) electrons. The Kier molecular flexibility index (Phi) is 3.58. The number of halogens is 1. The minimum absolute atomic E-state index is 0.457. The molecule has 0 saturated carbocycles. The van der Waals surface area contributed by atoms with Gasteiger partial charge in [-0.15, -0.1) is 11.3 Å². The maximum Gasteiger partial charge on any atom is 0.128 e. The van der Waals surface area contributed by atoms with E-state index in [9.17, 15) is 0 Å². The second-order valence-corrected chi connectivity index (χ2v) is 5.54. The first-order chi connectivity index (χ1) is 7.76. The lowest BCUT2D eigenvalue weighted by Crippen LogP contribution is -1.95. The molecular weight excluding hydrogens is 288 g/mol. The highest BCUT2D eigenvalue weighted by atomic mass is 79.9. The minimum atomic E-state index is 0.457. The number of benzene rings is 1. The van der Waals surface area contributed by atoms with Crippen LogP contribution in [0, 0.1) is 0 Å². The van der Waals surface area contributed by atoms with Crippen molar-refractivity contribution >= 4 is 27.3 Å². The van der Waals surface area contributed by atoms with Crippen molar-refractivity contribution in [1.29, 1.82) is 0 Å². The van der Waals surface area contributed by atoms with Crippen LogP contribution in [-0.4, -0.2) is 12.1 Å². The summed E-state index contributed by atoms with van der Waals surface area (Å²) in [5.41, 5.74) is 7.45. The first kappa shape index (κ1) is 11.6. The molecule has 0 aliphatic carbocycles. The number of aromatic nitrogens is 1. The molecule has 2 rings (SSSR count). The van der Waals surface area contributed by atoms with Crippen molar-refractivity contribution in [2.45, 2.75) is 6.54 Å². The van der Waals surface area contributed by atoms with Crippen LogP contribution in [0.3, 0.4) is 0 Å². The molecule has 1 aromatic carbocycles. The minimum Gasteiger partial charge on any atom is -0.496 e. The topological polar surface area (TPSA) is 48.1 Å². The van der Waals surface area contributed by atoms with Crippen LogP contribution in [-0.2, 0) is 6.54 Å².